The lowest BCUT2D eigenvalue weighted by Crippen LogP contribution is -2.13. The van der Waals surface area contributed by atoms with Crippen molar-refractivity contribution in [1.82, 2.24) is 0 Å². The maximum absolute atomic E-state index is 11.8. The molecule has 0 N–H and O–H groups in total. The van der Waals surface area contributed by atoms with Gasteiger partial charge in [-0.05, 0) is 23.1 Å². The fourth-order valence-electron chi connectivity index (χ4n) is 2.97. The molecule has 0 aliphatic carbocycles. The van der Waals surface area contributed by atoms with Gasteiger partial charge in [0, 0.05) is 12.0 Å². The van der Waals surface area contributed by atoms with E-state index in [1.807, 2.05) is 42.5 Å². The summed E-state index contributed by atoms with van der Waals surface area (Å²) in [5.74, 6) is 6.01. The van der Waals surface area contributed by atoms with E-state index in [0.29, 0.717) is 17.9 Å². The zero-order valence-electron chi connectivity index (χ0n) is 14.8. The minimum Gasteiger partial charge on any atom is -0.465 e. The van der Waals surface area contributed by atoms with E-state index in [-0.39, 0.29) is 18.4 Å². The van der Waals surface area contributed by atoms with Gasteiger partial charge in [-0.2, -0.15) is 0 Å². The number of methoxy groups -OCH3 is 1. The number of carbonyl (C=O) groups excluding carboxylic acids is 1. The average Bonchev–Trinajstić information content (AvgIpc) is 3.33. The Morgan fingerprint density at radius 3 is 2.89 bits per heavy atom. The van der Waals surface area contributed by atoms with Crippen molar-refractivity contribution in [3.8, 4) is 11.8 Å². The first-order valence-corrected chi connectivity index (χ1v) is 9.48. The van der Waals surface area contributed by atoms with Crippen molar-refractivity contribution in [1.29, 1.82) is 0 Å². The van der Waals surface area contributed by atoms with Crippen molar-refractivity contribution in [2.75, 3.05) is 13.7 Å². The molecule has 1 fully saturated rings. The number of fused-ring (bicyclic) bond motifs is 1. The molecule has 3 aromatic rings. The number of ether oxygens (including phenoxy) is 3. The number of hydrogen-bond acceptors (Lipinski definition) is 5. The van der Waals surface area contributed by atoms with Crippen molar-refractivity contribution in [2.45, 2.75) is 18.8 Å². The second-order valence-electron chi connectivity index (χ2n) is 6.17. The highest BCUT2D eigenvalue weighted by molar-refractivity contribution is 7.21. The molecule has 4 rings (SSSR count). The van der Waals surface area contributed by atoms with E-state index in [4.69, 9.17) is 14.2 Å². The Labute approximate surface area is 161 Å². The van der Waals surface area contributed by atoms with Gasteiger partial charge in [0.25, 0.3) is 0 Å². The zero-order valence-corrected chi connectivity index (χ0v) is 15.6. The standard InChI is InChI=1S/C22H18O4S/c1-24-22(23)19-13-17-9-5-8-16(21(17)27-19)10-11-18-14-25-20(26-18)12-15-6-3-2-4-7-15/h2-9,13,18,20H,12,14H2,1H3. The number of thiophene rings is 1. The van der Waals surface area contributed by atoms with Gasteiger partial charge in [0.15, 0.2) is 6.29 Å². The molecule has 27 heavy (non-hydrogen) atoms. The van der Waals surface area contributed by atoms with Gasteiger partial charge in [0.1, 0.15) is 11.0 Å². The van der Waals surface area contributed by atoms with Gasteiger partial charge in [-0.15, -0.1) is 11.3 Å². The van der Waals surface area contributed by atoms with Crippen molar-refractivity contribution in [3.05, 3.63) is 70.6 Å². The number of benzene rings is 2. The monoisotopic (exact) mass is 378 g/mol. The highest BCUT2D eigenvalue weighted by atomic mass is 32.1. The van der Waals surface area contributed by atoms with Crippen LogP contribution >= 0.6 is 11.3 Å². The SMILES string of the molecule is COC(=O)c1cc2cccc(C#CC3COC(Cc4ccccc4)O3)c2s1. The average molecular weight is 378 g/mol. The van der Waals surface area contributed by atoms with Gasteiger partial charge in [-0.1, -0.05) is 54.3 Å². The van der Waals surface area contributed by atoms with E-state index in [9.17, 15) is 4.79 Å². The first-order chi connectivity index (χ1) is 13.2. The summed E-state index contributed by atoms with van der Waals surface area (Å²) in [5.41, 5.74) is 2.05. The van der Waals surface area contributed by atoms with Crippen LogP contribution in [0.25, 0.3) is 10.1 Å². The highest BCUT2D eigenvalue weighted by Gasteiger charge is 2.24. The first-order valence-electron chi connectivity index (χ1n) is 8.66. The van der Waals surface area contributed by atoms with Gasteiger partial charge >= 0.3 is 5.97 Å². The van der Waals surface area contributed by atoms with Crippen LogP contribution in [0.2, 0.25) is 0 Å². The maximum Gasteiger partial charge on any atom is 0.348 e. The third kappa shape index (κ3) is 4.04. The minimum absolute atomic E-state index is 0.256. The van der Waals surface area contributed by atoms with Crippen LogP contribution in [-0.4, -0.2) is 32.1 Å². The molecule has 0 radical (unpaired) electrons. The largest absolute Gasteiger partial charge is 0.465 e. The Bertz CT molecular complexity index is 1010. The molecule has 2 heterocycles. The van der Waals surface area contributed by atoms with Crippen LogP contribution in [0.15, 0.2) is 54.6 Å². The van der Waals surface area contributed by atoms with E-state index in [0.717, 1.165) is 15.6 Å². The molecule has 5 heteroatoms. The van der Waals surface area contributed by atoms with Crippen LogP contribution in [0.4, 0.5) is 0 Å². The Balaban J connectivity index is 1.48. The molecule has 136 valence electrons. The summed E-state index contributed by atoms with van der Waals surface area (Å²) < 4.78 is 17.4. The summed E-state index contributed by atoms with van der Waals surface area (Å²) in [7, 11) is 1.39. The summed E-state index contributed by atoms with van der Waals surface area (Å²) in [4.78, 5) is 12.3. The lowest BCUT2D eigenvalue weighted by Gasteiger charge is -2.08. The third-order valence-corrected chi connectivity index (χ3v) is 5.46. The Hall–Kier alpha value is -2.65. The first kappa shape index (κ1) is 17.7. The summed E-state index contributed by atoms with van der Waals surface area (Å²) in [5, 5.41) is 0.984. The predicted molar refractivity (Wildman–Crippen MR) is 105 cm³/mol. The molecular formula is C22H18O4S. The summed E-state index contributed by atoms with van der Waals surface area (Å²) in [6.45, 7) is 0.457. The third-order valence-electron chi connectivity index (χ3n) is 4.29. The van der Waals surface area contributed by atoms with Crippen molar-refractivity contribution < 1.29 is 19.0 Å². The quantitative estimate of drug-likeness (QED) is 0.510. The molecule has 0 amide bonds. The molecule has 2 aromatic carbocycles. The van der Waals surface area contributed by atoms with E-state index in [1.54, 1.807) is 0 Å². The predicted octanol–water partition coefficient (Wildman–Crippen LogP) is 4.02. The van der Waals surface area contributed by atoms with Crippen molar-refractivity contribution >= 4 is 27.4 Å². The normalized spacial score (nSPS) is 18.9. The Morgan fingerprint density at radius 2 is 2.07 bits per heavy atom. The molecule has 4 nitrogen and oxygen atoms in total. The van der Waals surface area contributed by atoms with Crippen LogP contribution in [-0.2, 0) is 20.6 Å². The maximum atomic E-state index is 11.8. The molecule has 2 unspecified atom stereocenters. The van der Waals surface area contributed by atoms with E-state index in [2.05, 4.69) is 24.0 Å². The number of esters is 1. The highest BCUT2D eigenvalue weighted by Crippen LogP contribution is 2.29. The zero-order chi connectivity index (χ0) is 18.6. The van der Waals surface area contributed by atoms with Gasteiger partial charge in [0.05, 0.1) is 18.4 Å². The number of carbonyl (C=O) groups is 1. The second kappa shape index (κ2) is 7.93. The van der Waals surface area contributed by atoms with Crippen LogP contribution in [0.5, 0.6) is 0 Å². The van der Waals surface area contributed by atoms with Crippen LogP contribution in [0.1, 0.15) is 20.8 Å². The topological polar surface area (TPSA) is 44.8 Å². The van der Waals surface area contributed by atoms with Crippen LogP contribution < -0.4 is 0 Å². The molecule has 0 saturated carbocycles. The fourth-order valence-corrected chi connectivity index (χ4v) is 4.01. The van der Waals surface area contributed by atoms with Gasteiger partial charge in [0.2, 0.25) is 0 Å². The number of rotatable bonds is 3. The lowest BCUT2D eigenvalue weighted by molar-refractivity contribution is -0.0478. The van der Waals surface area contributed by atoms with Gasteiger partial charge in [-0.25, -0.2) is 4.79 Å². The summed E-state index contributed by atoms with van der Waals surface area (Å²) in [6.07, 6.45) is 0.186. The van der Waals surface area contributed by atoms with Crippen molar-refractivity contribution in [2.24, 2.45) is 0 Å². The minimum atomic E-state index is -0.327. The van der Waals surface area contributed by atoms with E-state index < -0.39 is 0 Å². The van der Waals surface area contributed by atoms with E-state index >= 15 is 0 Å². The summed E-state index contributed by atoms with van der Waals surface area (Å²) in [6, 6.07) is 17.8. The number of hydrogen-bond donors (Lipinski definition) is 0. The summed E-state index contributed by atoms with van der Waals surface area (Å²) >= 11 is 1.39. The van der Waals surface area contributed by atoms with E-state index in [1.165, 1.54) is 24.0 Å². The second-order valence-corrected chi connectivity index (χ2v) is 7.23. The van der Waals surface area contributed by atoms with Gasteiger partial charge in [-0.3, -0.25) is 0 Å². The molecule has 0 bridgehead atoms. The molecule has 1 saturated heterocycles. The molecule has 1 aromatic heterocycles. The molecule has 1 aliphatic heterocycles. The van der Waals surface area contributed by atoms with Crippen molar-refractivity contribution in [3.63, 3.8) is 0 Å². The molecule has 0 spiro atoms. The Kier molecular flexibility index (Phi) is 5.21. The van der Waals surface area contributed by atoms with Gasteiger partial charge < -0.3 is 14.2 Å². The molecule has 1 aliphatic rings. The Morgan fingerprint density at radius 1 is 1.22 bits per heavy atom. The lowest BCUT2D eigenvalue weighted by atomic mass is 10.1. The smallest absolute Gasteiger partial charge is 0.348 e. The van der Waals surface area contributed by atoms with Crippen LogP contribution in [0, 0.1) is 11.8 Å². The fraction of sp³-hybridized carbons (Fsp3) is 0.227. The molecular weight excluding hydrogens is 360 g/mol. The molecule has 2 atom stereocenters. The van der Waals surface area contributed by atoms with Crippen LogP contribution in [0.3, 0.4) is 0 Å².